The van der Waals surface area contributed by atoms with Gasteiger partial charge in [-0.25, -0.2) is 0 Å². The number of halogens is 2. The molecule has 6 nitrogen and oxygen atoms in total. The fraction of sp³-hybridized carbons (Fsp3) is 0.167. The Morgan fingerprint density at radius 3 is 2.81 bits per heavy atom. The van der Waals surface area contributed by atoms with Gasteiger partial charge in [-0.2, -0.15) is 0 Å². The number of thioether (sulfide) groups is 1. The fourth-order valence-electron chi connectivity index (χ4n) is 2.41. The zero-order valence-electron chi connectivity index (χ0n) is 14.4. The molecule has 0 bridgehead atoms. The van der Waals surface area contributed by atoms with Crippen molar-refractivity contribution >= 4 is 46.6 Å². The highest BCUT2D eigenvalue weighted by atomic mass is 35.5. The predicted octanol–water partition coefficient (Wildman–Crippen LogP) is 5.07. The molecule has 1 N–H and O–H groups in total. The van der Waals surface area contributed by atoms with Crippen molar-refractivity contribution in [1.29, 1.82) is 0 Å². The van der Waals surface area contributed by atoms with Crippen molar-refractivity contribution < 1.29 is 9.21 Å². The highest BCUT2D eigenvalue weighted by Gasteiger charge is 2.17. The standard InChI is InChI=1S/C18H16Cl2N4O2S/c1-3-7-24-17(13-6-8-26-11(13)2)22-23-18(24)27-10-16(25)21-12-4-5-14(19)15(20)9-12/h3-6,8-9H,1,7,10H2,2H3,(H,21,25). The number of allylic oxidation sites excluding steroid dienone is 1. The molecule has 27 heavy (non-hydrogen) atoms. The predicted molar refractivity (Wildman–Crippen MR) is 108 cm³/mol. The van der Waals surface area contributed by atoms with Gasteiger partial charge in [0.2, 0.25) is 5.91 Å². The van der Waals surface area contributed by atoms with E-state index in [2.05, 4.69) is 22.1 Å². The second-order valence-electron chi connectivity index (χ2n) is 5.56. The maximum Gasteiger partial charge on any atom is 0.234 e. The Balaban J connectivity index is 1.71. The van der Waals surface area contributed by atoms with E-state index in [9.17, 15) is 4.79 Å². The number of nitrogens with zero attached hydrogens (tertiary/aromatic N) is 3. The van der Waals surface area contributed by atoms with Crippen LogP contribution in [0.5, 0.6) is 0 Å². The number of furan rings is 1. The summed E-state index contributed by atoms with van der Waals surface area (Å²) in [7, 11) is 0. The minimum atomic E-state index is -0.187. The first-order valence-corrected chi connectivity index (χ1v) is 9.70. The monoisotopic (exact) mass is 422 g/mol. The number of anilines is 1. The summed E-state index contributed by atoms with van der Waals surface area (Å²) in [5, 5.41) is 12.7. The lowest BCUT2D eigenvalue weighted by molar-refractivity contribution is -0.113. The molecule has 9 heteroatoms. The summed E-state index contributed by atoms with van der Waals surface area (Å²) in [5.41, 5.74) is 1.44. The normalized spacial score (nSPS) is 10.8. The van der Waals surface area contributed by atoms with Crippen LogP contribution in [0, 0.1) is 6.92 Å². The molecule has 1 aromatic carbocycles. The summed E-state index contributed by atoms with van der Waals surface area (Å²) in [6.45, 7) is 6.15. The third-order valence-electron chi connectivity index (χ3n) is 3.66. The average Bonchev–Trinajstić information content (AvgIpc) is 3.22. The van der Waals surface area contributed by atoms with Gasteiger partial charge in [0, 0.05) is 12.2 Å². The number of carbonyl (C=O) groups is 1. The second-order valence-corrected chi connectivity index (χ2v) is 7.32. The molecule has 3 rings (SSSR count). The van der Waals surface area contributed by atoms with Gasteiger partial charge in [-0.1, -0.05) is 41.0 Å². The van der Waals surface area contributed by atoms with Crippen molar-refractivity contribution in [1.82, 2.24) is 14.8 Å². The molecule has 0 atom stereocenters. The number of hydrogen-bond donors (Lipinski definition) is 1. The van der Waals surface area contributed by atoms with Gasteiger partial charge in [0.05, 0.1) is 27.6 Å². The number of rotatable bonds is 7. The van der Waals surface area contributed by atoms with Gasteiger partial charge >= 0.3 is 0 Å². The maximum atomic E-state index is 12.2. The van der Waals surface area contributed by atoms with E-state index in [0.29, 0.717) is 33.3 Å². The molecular weight excluding hydrogens is 407 g/mol. The topological polar surface area (TPSA) is 73.0 Å². The molecule has 2 heterocycles. The molecule has 0 fully saturated rings. The zero-order chi connectivity index (χ0) is 19.4. The lowest BCUT2D eigenvalue weighted by Gasteiger charge is -2.08. The second kappa shape index (κ2) is 8.65. The van der Waals surface area contributed by atoms with Crippen molar-refractivity contribution in [2.75, 3.05) is 11.1 Å². The third kappa shape index (κ3) is 4.55. The Bertz CT molecular complexity index is 984. The maximum absolute atomic E-state index is 12.2. The van der Waals surface area contributed by atoms with Crippen LogP contribution in [-0.2, 0) is 11.3 Å². The van der Waals surface area contributed by atoms with Gasteiger partial charge in [0.15, 0.2) is 11.0 Å². The number of aryl methyl sites for hydroxylation is 1. The fourth-order valence-corrected chi connectivity index (χ4v) is 3.45. The quantitative estimate of drug-likeness (QED) is 0.424. The van der Waals surface area contributed by atoms with Crippen LogP contribution < -0.4 is 5.32 Å². The highest BCUT2D eigenvalue weighted by Crippen LogP contribution is 2.28. The highest BCUT2D eigenvalue weighted by molar-refractivity contribution is 7.99. The first-order valence-electron chi connectivity index (χ1n) is 7.96. The zero-order valence-corrected chi connectivity index (χ0v) is 16.7. The number of hydrogen-bond acceptors (Lipinski definition) is 5. The van der Waals surface area contributed by atoms with E-state index in [0.717, 1.165) is 11.3 Å². The third-order valence-corrected chi connectivity index (χ3v) is 5.37. The van der Waals surface area contributed by atoms with Crippen molar-refractivity contribution in [3.8, 4) is 11.4 Å². The van der Waals surface area contributed by atoms with E-state index in [1.165, 1.54) is 11.8 Å². The summed E-state index contributed by atoms with van der Waals surface area (Å²) in [6.07, 6.45) is 3.36. The molecule has 140 valence electrons. The SMILES string of the molecule is C=CCn1c(SCC(=O)Nc2ccc(Cl)c(Cl)c2)nnc1-c1ccoc1C. The van der Waals surface area contributed by atoms with Crippen molar-refractivity contribution in [2.24, 2.45) is 0 Å². The van der Waals surface area contributed by atoms with Crippen molar-refractivity contribution in [3.05, 3.63) is 59.0 Å². The van der Waals surface area contributed by atoms with Crippen LogP contribution in [0.1, 0.15) is 5.76 Å². The van der Waals surface area contributed by atoms with Crippen LogP contribution in [0.15, 0.2) is 52.8 Å². The Hall–Kier alpha value is -2.22. The molecule has 0 aliphatic heterocycles. The minimum absolute atomic E-state index is 0.167. The Kier molecular flexibility index (Phi) is 6.26. The number of carbonyl (C=O) groups excluding carboxylic acids is 1. The molecule has 0 aliphatic carbocycles. The lowest BCUT2D eigenvalue weighted by Crippen LogP contribution is -2.14. The lowest BCUT2D eigenvalue weighted by atomic mass is 10.2. The molecule has 3 aromatic rings. The van der Waals surface area contributed by atoms with Gasteiger partial charge in [-0.15, -0.1) is 16.8 Å². The number of nitrogens with one attached hydrogen (secondary N) is 1. The van der Waals surface area contributed by atoms with Gasteiger partial charge < -0.3 is 9.73 Å². The van der Waals surface area contributed by atoms with Crippen LogP contribution in [0.4, 0.5) is 5.69 Å². The molecule has 0 aliphatic rings. The Morgan fingerprint density at radius 2 is 2.15 bits per heavy atom. The molecule has 0 spiro atoms. The number of aromatic nitrogens is 3. The van der Waals surface area contributed by atoms with Crippen molar-refractivity contribution in [3.63, 3.8) is 0 Å². The smallest absolute Gasteiger partial charge is 0.234 e. The van der Waals surface area contributed by atoms with Crippen LogP contribution in [-0.4, -0.2) is 26.4 Å². The van der Waals surface area contributed by atoms with Gasteiger partial charge in [0.25, 0.3) is 0 Å². The van der Waals surface area contributed by atoms with E-state index in [-0.39, 0.29) is 11.7 Å². The summed E-state index contributed by atoms with van der Waals surface area (Å²) in [6, 6.07) is 6.76. The minimum Gasteiger partial charge on any atom is -0.469 e. The van der Waals surface area contributed by atoms with Gasteiger partial charge in [0.1, 0.15) is 5.76 Å². The average molecular weight is 423 g/mol. The molecule has 0 saturated heterocycles. The Labute approximate surface area is 170 Å². The van der Waals surface area contributed by atoms with Crippen LogP contribution in [0.3, 0.4) is 0 Å². The molecule has 2 aromatic heterocycles. The van der Waals surface area contributed by atoms with E-state index in [4.69, 9.17) is 27.6 Å². The summed E-state index contributed by atoms with van der Waals surface area (Å²) in [4.78, 5) is 12.2. The molecular formula is C18H16Cl2N4O2S. The van der Waals surface area contributed by atoms with Crippen LogP contribution in [0.2, 0.25) is 10.0 Å². The Morgan fingerprint density at radius 1 is 1.33 bits per heavy atom. The summed E-state index contributed by atoms with van der Waals surface area (Å²) < 4.78 is 7.24. The first-order chi connectivity index (χ1) is 13.0. The molecule has 0 radical (unpaired) electrons. The van der Waals surface area contributed by atoms with E-state index >= 15 is 0 Å². The molecule has 0 saturated carbocycles. The van der Waals surface area contributed by atoms with Crippen molar-refractivity contribution in [2.45, 2.75) is 18.6 Å². The van der Waals surface area contributed by atoms with E-state index < -0.39 is 0 Å². The van der Waals surface area contributed by atoms with E-state index in [1.807, 2.05) is 17.6 Å². The van der Waals surface area contributed by atoms with E-state index in [1.54, 1.807) is 30.5 Å². The summed E-state index contributed by atoms with van der Waals surface area (Å²) in [5.74, 6) is 1.41. The molecule has 1 amide bonds. The molecule has 0 unspecified atom stereocenters. The van der Waals surface area contributed by atoms with Gasteiger partial charge in [-0.3, -0.25) is 9.36 Å². The van der Waals surface area contributed by atoms with Crippen LogP contribution in [0.25, 0.3) is 11.4 Å². The summed E-state index contributed by atoms with van der Waals surface area (Å²) >= 11 is 13.1. The number of benzene rings is 1. The first kappa shape index (κ1) is 19.5. The van der Waals surface area contributed by atoms with Gasteiger partial charge in [-0.05, 0) is 31.2 Å². The van der Waals surface area contributed by atoms with Crippen LogP contribution >= 0.6 is 35.0 Å². The number of amides is 1. The largest absolute Gasteiger partial charge is 0.469 e.